The summed E-state index contributed by atoms with van der Waals surface area (Å²) < 4.78 is 13.4. The van der Waals surface area contributed by atoms with Crippen molar-refractivity contribution in [3.05, 3.63) is 41.7 Å². The highest BCUT2D eigenvalue weighted by Gasteiger charge is 2.31. The molecular weight excluding hydrogens is 404 g/mol. The molecule has 0 bridgehead atoms. The van der Waals surface area contributed by atoms with Crippen LogP contribution in [0.4, 0.5) is 5.69 Å². The second kappa shape index (κ2) is 8.41. The van der Waals surface area contributed by atoms with E-state index in [-0.39, 0.29) is 5.54 Å². The lowest BCUT2D eigenvalue weighted by Crippen LogP contribution is -2.42. The van der Waals surface area contributed by atoms with Crippen LogP contribution in [0.5, 0.6) is 11.5 Å². The monoisotopic (exact) mass is 430 g/mol. The van der Waals surface area contributed by atoms with Crippen molar-refractivity contribution in [2.24, 2.45) is 5.73 Å². The standard InChI is InChI=1S/C24H26N6O2/c1-29(2)18-6-7-23-28-14-20(30(23)19(18)13-26)16-10-21(31-3)17(12-25)22(11-16)32-15-24(27)8-4-5-9-24/h6-7,10-11,14H,4-5,8-9,15,27H2,1-3H3. The number of benzene rings is 1. The van der Waals surface area contributed by atoms with Crippen LogP contribution in [0.3, 0.4) is 0 Å². The number of ether oxygens (including phenoxy) is 2. The maximum atomic E-state index is 9.89. The molecule has 0 aliphatic heterocycles. The zero-order valence-corrected chi connectivity index (χ0v) is 18.6. The highest BCUT2D eigenvalue weighted by molar-refractivity contribution is 5.73. The number of hydrogen-bond acceptors (Lipinski definition) is 7. The second-order valence-electron chi connectivity index (χ2n) is 8.43. The summed E-state index contributed by atoms with van der Waals surface area (Å²) in [6.45, 7) is 0.329. The van der Waals surface area contributed by atoms with Gasteiger partial charge in [0.25, 0.3) is 0 Å². The van der Waals surface area contributed by atoms with Crippen LogP contribution in [0.1, 0.15) is 36.9 Å². The van der Waals surface area contributed by atoms with Crippen LogP contribution < -0.4 is 20.1 Å². The zero-order valence-electron chi connectivity index (χ0n) is 18.6. The fourth-order valence-corrected chi connectivity index (χ4v) is 4.31. The predicted molar refractivity (Wildman–Crippen MR) is 122 cm³/mol. The van der Waals surface area contributed by atoms with Gasteiger partial charge in [0.15, 0.2) is 0 Å². The number of methoxy groups -OCH3 is 1. The zero-order chi connectivity index (χ0) is 22.9. The Kier molecular flexibility index (Phi) is 5.65. The lowest BCUT2D eigenvalue weighted by atomic mass is 10.0. The van der Waals surface area contributed by atoms with Crippen molar-refractivity contribution in [3.63, 3.8) is 0 Å². The Labute approximate surface area is 187 Å². The molecule has 0 unspecified atom stereocenters. The highest BCUT2D eigenvalue weighted by Crippen LogP contribution is 2.37. The molecule has 2 aromatic heterocycles. The van der Waals surface area contributed by atoms with E-state index in [0.717, 1.165) is 36.9 Å². The van der Waals surface area contributed by atoms with Crippen molar-refractivity contribution in [3.8, 4) is 34.9 Å². The van der Waals surface area contributed by atoms with Gasteiger partial charge in [-0.15, -0.1) is 0 Å². The van der Waals surface area contributed by atoms with E-state index >= 15 is 0 Å². The molecule has 32 heavy (non-hydrogen) atoms. The van der Waals surface area contributed by atoms with E-state index in [9.17, 15) is 10.5 Å². The Morgan fingerprint density at radius 3 is 2.50 bits per heavy atom. The molecule has 2 heterocycles. The number of fused-ring (bicyclic) bond motifs is 1. The third-order valence-corrected chi connectivity index (χ3v) is 6.04. The SMILES string of the molecule is COc1cc(-c2cnc3ccc(N(C)C)c(C#N)n23)cc(OCC2(N)CCCC2)c1C#N. The van der Waals surface area contributed by atoms with Crippen molar-refractivity contribution in [1.29, 1.82) is 10.5 Å². The van der Waals surface area contributed by atoms with E-state index in [1.165, 1.54) is 7.11 Å². The van der Waals surface area contributed by atoms with Gasteiger partial charge in [0.1, 0.15) is 47.1 Å². The molecule has 1 aliphatic rings. The lowest BCUT2D eigenvalue weighted by Gasteiger charge is -2.24. The fourth-order valence-electron chi connectivity index (χ4n) is 4.31. The molecule has 4 rings (SSSR count). The molecule has 164 valence electrons. The molecular formula is C24H26N6O2. The minimum absolute atomic E-state index is 0.321. The number of nitrogens with zero attached hydrogens (tertiary/aromatic N) is 5. The van der Waals surface area contributed by atoms with Gasteiger partial charge in [-0.3, -0.25) is 4.40 Å². The number of nitrogens with two attached hydrogens (primary N) is 1. The first-order valence-electron chi connectivity index (χ1n) is 10.5. The summed E-state index contributed by atoms with van der Waals surface area (Å²) in [5, 5.41) is 19.6. The number of aromatic nitrogens is 2. The molecule has 3 aromatic rings. The van der Waals surface area contributed by atoms with Crippen LogP contribution in [0.15, 0.2) is 30.5 Å². The number of pyridine rings is 1. The van der Waals surface area contributed by atoms with Crippen molar-refractivity contribution in [2.45, 2.75) is 31.2 Å². The highest BCUT2D eigenvalue weighted by atomic mass is 16.5. The maximum absolute atomic E-state index is 9.89. The van der Waals surface area contributed by atoms with Gasteiger partial charge in [-0.25, -0.2) is 4.98 Å². The molecule has 1 aromatic carbocycles. The van der Waals surface area contributed by atoms with Gasteiger partial charge in [-0.1, -0.05) is 12.8 Å². The summed E-state index contributed by atoms with van der Waals surface area (Å²) in [6, 6.07) is 11.8. The van der Waals surface area contributed by atoms with Crippen LogP contribution in [0.25, 0.3) is 16.9 Å². The average Bonchev–Trinajstić information content (AvgIpc) is 3.43. The lowest BCUT2D eigenvalue weighted by molar-refractivity contribution is 0.219. The molecule has 8 nitrogen and oxygen atoms in total. The van der Waals surface area contributed by atoms with E-state index < -0.39 is 0 Å². The number of rotatable bonds is 6. The molecule has 2 N–H and O–H groups in total. The Morgan fingerprint density at radius 2 is 1.88 bits per heavy atom. The van der Waals surface area contributed by atoms with Crippen molar-refractivity contribution in [2.75, 3.05) is 32.7 Å². The fraction of sp³-hybridized carbons (Fsp3) is 0.375. The van der Waals surface area contributed by atoms with Gasteiger partial charge in [-0.05, 0) is 37.1 Å². The van der Waals surface area contributed by atoms with Crippen LogP contribution in [-0.4, -0.2) is 42.7 Å². The Balaban J connectivity index is 1.85. The third-order valence-electron chi connectivity index (χ3n) is 6.04. The molecule has 0 radical (unpaired) electrons. The molecule has 8 heteroatoms. The number of nitriles is 2. The third kappa shape index (κ3) is 3.70. The van der Waals surface area contributed by atoms with E-state index in [2.05, 4.69) is 17.1 Å². The van der Waals surface area contributed by atoms with E-state index in [1.807, 2.05) is 31.1 Å². The number of anilines is 1. The molecule has 1 saturated carbocycles. The molecule has 0 atom stereocenters. The molecule has 1 aliphatic carbocycles. The minimum atomic E-state index is -0.381. The van der Waals surface area contributed by atoms with Crippen LogP contribution in [0, 0.1) is 22.7 Å². The second-order valence-corrected chi connectivity index (χ2v) is 8.43. The first-order valence-corrected chi connectivity index (χ1v) is 10.5. The summed E-state index contributed by atoms with van der Waals surface area (Å²) in [7, 11) is 5.30. The normalized spacial score (nSPS) is 14.7. The van der Waals surface area contributed by atoms with Gasteiger partial charge in [-0.2, -0.15) is 10.5 Å². The quantitative estimate of drug-likeness (QED) is 0.637. The van der Waals surface area contributed by atoms with Gasteiger partial charge in [0.05, 0.1) is 30.2 Å². The average molecular weight is 431 g/mol. The first kappa shape index (κ1) is 21.5. The number of hydrogen-bond donors (Lipinski definition) is 1. The van der Waals surface area contributed by atoms with Crippen LogP contribution in [-0.2, 0) is 0 Å². The summed E-state index contributed by atoms with van der Waals surface area (Å²) >= 11 is 0. The first-order chi connectivity index (χ1) is 15.4. The summed E-state index contributed by atoms with van der Waals surface area (Å²) in [5.74, 6) is 0.811. The Bertz CT molecular complexity index is 1240. The van der Waals surface area contributed by atoms with Crippen molar-refractivity contribution in [1.82, 2.24) is 9.38 Å². The van der Waals surface area contributed by atoms with E-state index in [0.29, 0.717) is 40.7 Å². The van der Waals surface area contributed by atoms with Gasteiger partial charge >= 0.3 is 0 Å². The molecule has 0 saturated heterocycles. The topological polar surface area (TPSA) is 113 Å². The predicted octanol–water partition coefficient (Wildman–Crippen LogP) is 3.47. The van der Waals surface area contributed by atoms with Crippen LogP contribution >= 0.6 is 0 Å². The van der Waals surface area contributed by atoms with E-state index in [4.69, 9.17) is 15.2 Å². The van der Waals surface area contributed by atoms with Gasteiger partial charge < -0.3 is 20.1 Å². The Hall–Kier alpha value is -3.75. The molecule has 1 fully saturated rings. The number of imidazole rings is 1. The minimum Gasteiger partial charge on any atom is -0.495 e. The van der Waals surface area contributed by atoms with Crippen LogP contribution in [0.2, 0.25) is 0 Å². The summed E-state index contributed by atoms with van der Waals surface area (Å²) in [5.41, 5.74) is 9.74. The Morgan fingerprint density at radius 1 is 1.16 bits per heavy atom. The molecule has 0 spiro atoms. The smallest absolute Gasteiger partial charge is 0.150 e. The van der Waals surface area contributed by atoms with E-state index in [1.54, 1.807) is 22.7 Å². The summed E-state index contributed by atoms with van der Waals surface area (Å²) in [6.07, 6.45) is 5.68. The van der Waals surface area contributed by atoms with Gasteiger partial charge in [0, 0.05) is 19.7 Å². The van der Waals surface area contributed by atoms with Crippen molar-refractivity contribution >= 4 is 11.3 Å². The summed E-state index contributed by atoms with van der Waals surface area (Å²) in [4.78, 5) is 6.37. The maximum Gasteiger partial charge on any atom is 0.150 e. The van der Waals surface area contributed by atoms with Crippen molar-refractivity contribution < 1.29 is 9.47 Å². The largest absolute Gasteiger partial charge is 0.495 e. The van der Waals surface area contributed by atoms with Gasteiger partial charge in [0.2, 0.25) is 0 Å². The molecule has 0 amide bonds.